The monoisotopic (exact) mass is 521 g/mol. The van der Waals surface area contributed by atoms with Crippen molar-refractivity contribution in [3.63, 3.8) is 0 Å². The van der Waals surface area contributed by atoms with Crippen LogP contribution in [-0.4, -0.2) is 41.7 Å². The summed E-state index contributed by atoms with van der Waals surface area (Å²) in [5.74, 6) is 0.869. The number of nitrogens with one attached hydrogen (secondary N) is 1. The molecule has 0 unspecified atom stereocenters. The quantitative estimate of drug-likeness (QED) is 0.162. The minimum Gasteiger partial charge on any atom is -0.493 e. The Kier molecular flexibility index (Phi) is 9.03. The molecule has 3 aromatic carbocycles. The van der Waals surface area contributed by atoms with Crippen LogP contribution in [0.3, 0.4) is 0 Å². The van der Waals surface area contributed by atoms with Crippen LogP contribution in [0.15, 0.2) is 91.1 Å². The standard InChI is InChI=1S/C34H39N3O2/c1-6-30(25-12-8-7-9-13-25)33(27-17-20-31-28(22-27)23-35-36-31)26-15-18-29(19-16-26)39-24-34(2,3)21-11-10-14-32(38)37(4)5/h7-10,12-20,22-23H,6,11,21,24H2,1-5H3,(H,35,36)/b14-10+,33-30+. The SMILES string of the molecule is CC/C(=C(/c1ccc(OCC(C)(C)CC/C=C/C(=O)N(C)C)cc1)c1ccc2[nH]ncc2c1)c1ccccc1. The van der Waals surface area contributed by atoms with Gasteiger partial charge in [-0.3, -0.25) is 9.89 Å². The van der Waals surface area contributed by atoms with Gasteiger partial charge < -0.3 is 9.64 Å². The zero-order valence-electron chi connectivity index (χ0n) is 23.7. The molecule has 202 valence electrons. The number of allylic oxidation sites excluding steroid dienone is 2. The zero-order chi connectivity index (χ0) is 27.8. The van der Waals surface area contributed by atoms with Gasteiger partial charge in [-0.2, -0.15) is 5.10 Å². The summed E-state index contributed by atoms with van der Waals surface area (Å²) < 4.78 is 6.22. The van der Waals surface area contributed by atoms with Gasteiger partial charge in [0.1, 0.15) is 5.75 Å². The van der Waals surface area contributed by atoms with E-state index in [1.807, 2.05) is 12.3 Å². The van der Waals surface area contributed by atoms with Crippen LogP contribution in [0.5, 0.6) is 5.75 Å². The van der Waals surface area contributed by atoms with E-state index >= 15 is 0 Å². The molecule has 0 aliphatic rings. The summed E-state index contributed by atoms with van der Waals surface area (Å²) in [6.07, 6.45) is 8.14. The van der Waals surface area contributed by atoms with Crippen LogP contribution in [0.4, 0.5) is 0 Å². The van der Waals surface area contributed by atoms with Crippen molar-refractivity contribution in [2.75, 3.05) is 20.7 Å². The lowest BCUT2D eigenvalue weighted by Gasteiger charge is -2.24. The van der Waals surface area contributed by atoms with Gasteiger partial charge in [-0.25, -0.2) is 0 Å². The number of H-pyrrole nitrogens is 1. The summed E-state index contributed by atoms with van der Waals surface area (Å²) in [6, 6.07) is 25.5. The first-order valence-electron chi connectivity index (χ1n) is 13.6. The molecule has 1 heterocycles. The molecule has 0 radical (unpaired) electrons. The number of rotatable bonds is 11. The van der Waals surface area contributed by atoms with Gasteiger partial charge in [0.15, 0.2) is 0 Å². The molecule has 1 aromatic heterocycles. The molecule has 4 aromatic rings. The molecule has 5 heteroatoms. The van der Waals surface area contributed by atoms with Gasteiger partial charge in [0.05, 0.1) is 18.3 Å². The molecule has 5 nitrogen and oxygen atoms in total. The number of likely N-dealkylation sites (N-methyl/N-ethyl adjacent to an activating group) is 1. The Hall–Kier alpha value is -4.12. The van der Waals surface area contributed by atoms with Crippen LogP contribution in [0, 0.1) is 5.41 Å². The third kappa shape index (κ3) is 7.26. The number of benzene rings is 3. The van der Waals surface area contributed by atoms with E-state index in [9.17, 15) is 4.79 Å². The Bertz CT molecular complexity index is 1440. The molecular weight excluding hydrogens is 482 g/mol. The molecule has 1 amide bonds. The average Bonchev–Trinajstić information content (AvgIpc) is 3.42. The number of fused-ring (bicyclic) bond motifs is 1. The van der Waals surface area contributed by atoms with Crippen molar-refractivity contribution in [2.24, 2.45) is 5.41 Å². The van der Waals surface area contributed by atoms with Crippen molar-refractivity contribution in [3.05, 3.63) is 108 Å². The second-order valence-corrected chi connectivity index (χ2v) is 10.9. The van der Waals surface area contributed by atoms with Gasteiger partial charge in [0.2, 0.25) is 5.91 Å². The van der Waals surface area contributed by atoms with Gasteiger partial charge in [0, 0.05) is 19.5 Å². The number of nitrogens with zero attached hydrogens (tertiary/aromatic N) is 2. The molecule has 0 bridgehead atoms. The lowest BCUT2D eigenvalue weighted by Crippen LogP contribution is -2.21. The summed E-state index contributed by atoms with van der Waals surface area (Å²) in [6.45, 7) is 7.21. The van der Waals surface area contributed by atoms with Crippen LogP contribution in [0.1, 0.15) is 56.7 Å². The molecule has 0 saturated carbocycles. The second-order valence-electron chi connectivity index (χ2n) is 10.9. The largest absolute Gasteiger partial charge is 0.493 e. The van der Waals surface area contributed by atoms with Crippen LogP contribution in [0.2, 0.25) is 0 Å². The van der Waals surface area contributed by atoms with Crippen molar-refractivity contribution in [2.45, 2.75) is 40.0 Å². The fourth-order valence-corrected chi connectivity index (χ4v) is 4.65. The Morgan fingerprint density at radius 2 is 1.69 bits per heavy atom. The summed E-state index contributed by atoms with van der Waals surface area (Å²) in [5.41, 5.74) is 7.08. The second kappa shape index (κ2) is 12.6. The number of amides is 1. The highest BCUT2D eigenvalue weighted by Crippen LogP contribution is 2.36. The van der Waals surface area contributed by atoms with E-state index in [-0.39, 0.29) is 11.3 Å². The van der Waals surface area contributed by atoms with E-state index in [2.05, 4.69) is 104 Å². The molecule has 0 saturated heterocycles. The van der Waals surface area contributed by atoms with Crippen LogP contribution >= 0.6 is 0 Å². The maximum Gasteiger partial charge on any atom is 0.245 e. The van der Waals surface area contributed by atoms with Crippen molar-refractivity contribution in [3.8, 4) is 5.75 Å². The van der Waals surface area contributed by atoms with Crippen LogP contribution in [0.25, 0.3) is 22.0 Å². The summed E-state index contributed by atoms with van der Waals surface area (Å²) in [4.78, 5) is 13.3. The number of aromatic amines is 1. The van der Waals surface area contributed by atoms with Crippen molar-refractivity contribution in [1.82, 2.24) is 15.1 Å². The van der Waals surface area contributed by atoms with E-state index < -0.39 is 0 Å². The summed E-state index contributed by atoms with van der Waals surface area (Å²) in [5, 5.41) is 8.36. The molecule has 4 rings (SSSR count). The highest BCUT2D eigenvalue weighted by molar-refractivity contribution is 6.00. The predicted molar refractivity (Wildman–Crippen MR) is 162 cm³/mol. The summed E-state index contributed by atoms with van der Waals surface area (Å²) in [7, 11) is 3.52. The van der Waals surface area contributed by atoms with E-state index in [0.717, 1.165) is 41.5 Å². The van der Waals surface area contributed by atoms with Gasteiger partial charge in [-0.15, -0.1) is 0 Å². The van der Waals surface area contributed by atoms with E-state index in [0.29, 0.717) is 6.61 Å². The smallest absolute Gasteiger partial charge is 0.245 e. The highest BCUT2D eigenvalue weighted by atomic mass is 16.5. The number of aromatic nitrogens is 2. The van der Waals surface area contributed by atoms with Crippen LogP contribution < -0.4 is 4.74 Å². The fraction of sp³-hybridized carbons (Fsp3) is 0.294. The zero-order valence-corrected chi connectivity index (χ0v) is 23.7. The molecule has 1 N–H and O–H groups in total. The first-order valence-corrected chi connectivity index (χ1v) is 13.6. The molecule has 0 spiro atoms. The number of carbonyl (C=O) groups excluding carboxylic acids is 1. The van der Waals surface area contributed by atoms with E-state index in [1.165, 1.54) is 22.3 Å². The predicted octanol–water partition coefficient (Wildman–Crippen LogP) is 7.76. The van der Waals surface area contributed by atoms with Crippen molar-refractivity contribution in [1.29, 1.82) is 0 Å². The minimum absolute atomic E-state index is 0.0146. The van der Waals surface area contributed by atoms with Crippen LogP contribution in [-0.2, 0) is 4.79 Å². The molecular formula is C34H39N3O2. The van der Waals surface area contributed by atoms with Crippen molar-refractivity contribution < 1.29 is 9.53 Å². The number of hydrogen-bond donors (Lipinski definition) is 1. The molecule has 39 heavy (non-hydrogen) atoms. The third-order valence-corrected chi connectivity index (χ3v) is 6.97. The van der Waals surface area contributed by atoms with E-state index in [1.54, 1.807) is 25.1 Å². The Morgan fingerprint density at radius 1 is 0.974 bits per heavy atom. The average molecular weight is 522 g/mol. The number of hydrogen-bond acceptors (Lipinski definition) is 3. The Morgan fingerprint density at radius 3 is 2.38 bits per heavy atom. The summed E-state index contributed by atoms with van der Waals surface area (Å²) >= 11 is 0. The lowest BCUT2D eigenvalue weighted by molar-refractivity contribution is -0.123. The first kappa shape index (κ1) is 27.9. The number of carbonyl (C=O) groups is 1. The third-order valence-electron chi connectivity index (χ3n) is 6.97. The van der Waals surface area contributed by atoms with Gasteiger partial charge in [0.25, 0.3) is 0 Å². The Labute approximate surface area is 232 Å². The Balaban J connectivity index is 1.55. The van der Waals surface area contributed by atoms with Gasteiger partial charge in [-0.1, -0.05) is 75.4 Å². The molecule has 0 fully saturated rings. The molecule has 0 aliphatic heterocycles. The van der Waals surface area contributed by atoms with Gasteiger partial charge in [-0.05, 0) is 82.9 Å². The topological polar surface area (TPSA) is 58.2 Å². The normalized spacial score (nSPS) is 12.5. The number of ether oxygens (including phenoxy) is 1. The maximum absolute atomic E-state index is 11.7. The van der Waals surface area contributed by atoms with Crippen molar-refractivity contribution >= 4 is 28.0 Å². The fourth-order valence-electron chi connectivity index (χ4n) is 4.65. The lowest BCUT2D eigenvalue weighted by atomic mass is 9.87. The van der Waals surface area contributed by atoms with E-state index in [4.69, 9.17) is 4.74 Å². The maximum atomic E-state index is 11.7. The highest BCUT2D eigenvalue weighted by Gasteiger charge is 2.19. The molecule has 0 aliphatic carbocycles. The minimum atomic E-state index is -0.0159. The first-order chi connectivity index (χ1) is 18.8. The molecule has 0 atom stereocenters. The van der Waals surface area contributed by atoms with Gasteiger partial charge >= 0.3 is 0 Å².